The average Bonchev–Trinajstić information content (AvgIpc) is 2.64. The number of benzene rings is 2. The normalized spacial score (nSPS) is 11.2. The molecule has 2 aromatic rings. The largest absolute Gasteiger partial charge is 0.493 e. The van der Waals surface area contributed by atoms with Crippen molar-refractivity contribution >= 4 is 11.5 Å². The summed E-state index contributed by atoms with van der Waals surface area (Å²) in [5.74, 6) is 0.290. The maximum Gasteiger partial charge on any atom is 0.328 e. The van der Waals surface area contributed by atoms with Gasteiger partial charge in [0.25, 0.3) is 0 Å². The fraction of sp³-hybridized carbons (Fsp3) is 0.286. The highest BCUT2D eigenvalue weighted by Gasteiger charge is 2.10. The van der Waals surface area contributed by atoms with Crippen LogP contribution in [0.25, 0.3) is 5.57 Å². The number of hydrogen-bond donors (Lipinski definition) is 1. The molecule has 0 bridgehead atoms. The van der Waals surface area contributed by atoms with Gasteiger partial charge in [-0.1, -0.05) is 36.4 Å². The van der Waals surface area contributed by atoms with Gasteiger partial charge in [-0.15, -0.1) is 0 Å². The second-order valence-electron chi connectivity index (χ2n) is 5.77. The highest BCUT2D eigenvalue weighted by molar-refractivity contribution is 5.90. The molecule has 4 nitrogen and oxygen atoms in total. The summed E-state index contributed by atoms with van der Waals surface area (Å²) in [6, 6.07) is 15.8. The van der Waals surface area contributed by atoms with E-state index in [1.165, 1.54) is 11.6 Å². The van der Waals surface area contributed by atoms with Gasteiger partial charge in [-0.05, 0) is 54.5 Å². The van der Waals surface area contributed by atoms with Crippen LogP contribution < -0.4 is 9.47 Å². The SMILES string of the molecule is COc1ccc(/C(=C\C(=O)O)CCCCc2ccccc2)cc1OC. The third-order valence-electron chi connectivity index (χ3n) is 4.06. The van der Waals surface area contributed by atoms with Gasteiger partial charge in [0.1, 0.15) is 0 Å². The zero-order chi connectivity index (χ0) is 18.1. The molecule has 0 saturated carbocycles. The van der Waals surface area contributed by atoms with Crippen molar-refractivity contribution < 1.29 is 19.4 Å². The lowest BCUT2D eigenvalue weighted by molar-refractivity contribution is -0.131. The monoisotopic (exact) mass is 340 g/mol. The lowest BCUT2D eigenvalue weighted by Crippen LogP contribution is -1.96. The van der Waals surface area contributed by atoms with Crippen molar-refractivity contribution in [1.82, 2.24) is 0 Å². The van der Waals surface area contributed by atoms with E-state index in [1.807, 2.05) is 30.3 Å². The molecule has 0 unspecified atom stereocenters. The summed E-state index contributed by atoms with van der Waals surface area (Å²) < 4.78 is 10.6. The van der Waals surface area contributed by atoms with Crippen LogP contribution in [0.5, 0.6) is 11.5 Å². The van der Waals surface area contributed by atoms with Crippen LogP contribution in [0.3, 0.4) is 0 Å². The van der Waals surface area contributed by atoms with E-state index in [2.05, 4.69) is 12.1 Å². The smallest absolute Gasteiger partial charge is 0.328 e. The van der Waals surface area contributed by atoms with Crippen molar-refractivity contribution in [1.29, 1.82) is 0 Å². The minimum atomic E-state index is -0.937. The highest BCUT2D eigenvalue weighted by Crippen LogP contribution is 2.32. The number of hydrogen-bond acceptors (Lipinski definition) is 3. The molecule has 4 heteroatoms. The van der Waals surface area contributed by atoms with Crippen LogP contribution in [0.15, 0.2) is 54.6 Å². The van der Waals surface area contributed by atoms with Crippen molar-refractivity contribution in [3.63, 3.8) is 0 Å². The Kier molecular flexibility index (Phi) is 7.08. The number of methoxy groups -OCH3 is 2. The van der Waals surface area contributed by atoms with Gasteiger partial charge in [0.05, 0.1) is 14.2 Å². The lowest BCUT2D eigenvalue weighted by Gasteiger charge is -2.12. The minimum absolute atomic E-state index is 0.598. The quantitative estimate of drug-likeness (QED) is 0.536. The Morgan fingerprint density at radius 1 is 1.00 bits per heavy atom. The summed E-state index contributed by atoms with van der Waals surface area (Å²) in [6.07, 6.45) is 4.90. The molecule has 2 rings (SSSR count). The molecule has 0 aliphatic carbocycles. The minimum Gasteiger partial charge on any atom is -0.493 e. The van der Waals surface area contributed by atoms with Crippen molar-refractivity contribution in [2.75, 3.05) is 14.2 Å². The van der Waals surface area contributed by atoms with Crippen LogP contribution in [-0.4, -0.2) is 25.3 Å². The number of carbonyl (C=O) groups is 1. The van der Waals surface area contributed by atoms with Gasteiger partial charge in [0, 0.05) is 6.08 Å². The van der Waals surface area contributed by atoms with E-state index in [4.69, 9.17) is 9.47 Å². The van der Waals surface area contributed by atoms with Crippen molar-refractivity contribution in [3.05, 3.63) is 65.7 Å². The zero-order valence-corrected chi connectivity index (χ0v) is 14.7. The van der Waals surface area contributed by atoms with Crippen LogP contribution >= 0.6 is 0 Å². The van der Waals surface area contributed by atoms with Crippen LogP contribution in [0.2, 0.25) is 0 Å². The van der Waals surface area contributed by atoms with E-state index in [9.17, 15) is 9.90 Å². The van der Waals surface area contributed by atoms with Crippen molar-refractivity contribution in [3.8, 4) is 11.5 Å². The fourth-order valence-electron chi connectivity index (χ4n) is 2.77. The number of carboxylic acids is 1. The first-order chi connectivity index (χ1) is 12.1. The molecule has 0 radical (unpaired) electrons. The van der Waals surface area contributed by atoms with Gasteiger partial charge in [0.15, 0.2) is 11.5 Å². The van der Waals surface area contributed by atoms with E-state index in [1.54, 1.807) is 20.3 Å². The van der Waals surface area contributed by atoms with Crippen LogP contribution in [0.4, 0.5) is 0 Å². The maximum atomic E-state index is 11.2. The third kappa shape index (κ3) is 5.68. The Labute approximate surface area is 148 Å². The van der Waals surface area contributed by atoms with Crippen molar-refractivity contribution in [2.45, 2.75) is 25.7 Å². The van der Waals surface area contributed by atoms with Gasteiger partial charge in [-0.2, -0.15) is 0 Å². The molecule has 0 fully saturated rings. The number of carboxylic acid groups (broad SMARTS) is 1. The second kappa shape index (κ2) is 9.52. The van der Waals surface area contributed by atoms with Crippen LogP contribution in [0, 0.1) is 0 Å². The van der Waals surface area contributed by atoms with Gasteiger partial charge in [0.2, 0.25) is 0 Å². The molecular formula is C21H24O4. The van der Waals surface area contributed by atoms with Crippen LogP contribution in [-0.2, 0) is 11.2 Å². The average molecular weight is 340 g/mol. The Bertz CT molecular complexity index is 720. The summed E-state index contributed by atoms with van der Waals surface area (Å²) in [7, 11) is 3.15. The fourth-order valence-corrected chi connectivity index (χ4v) is 2.77. The molecule has 0 spiro atoms. The van der Waals surface area contributed by atoms with Gasteiger partial charge < -0.3 is 14.6 Å². The van der Waals surface area contributed by atoms with E-state index < -0.39 is 5.97 Å². The van der Waals surface area contributed by atoms with Gasteiger partial charge in [-0.3, -0.25) is 0 Å². The number of aryl methyl sites for hydroxylation is 1. The molecule has 1 N–H and O–H groups in total. The summed E-state index contributed by atoms with van der Waals surface area (Å²) >= 11 is 0. The topological polar surface area (TPSA) is 55.8 Å². The molecule has 0 atom stereocenters. The first-order valence-corrected chi connectivity index (χ1v) is 8.34. The maximum absolute atomic E-state index is 11.2. The Hall–Kier alpha value is -2.75. The Morgan fingerprint density at radius 3 is 2.36 bits per heavy atom. The summed E-state index contributed by atoms with van der Waals surface area (Å²) in [5, 5.41) is 9.17. The summed E-state index contributed by atoms with van der Waals surface area (Å²) in [5.41, 5.74) is 2.94. The molecule has 0 saturated heterocycles. The second-order valence-corrected chi connectivity index (χ2v) is 5.77. The Morgan fingerprint density at radius 2 is 1.72 bits per heavy atom. The molecule has 0 heterocycles. The molecule has 2 aromatic carbocycles. The molecule has 0 aliphatic heterocycles. The number of unbranched alkanes of at least 4 members (excludes halogenated alkanes) is 1. The molecular weight excluding hydrogens is 316 g/mol. The number of ether oxygens (including phenoxy) is 2. The van der Waals surface area contributed by atoms with Gasteiger partial charge in [-0.25, -0.2) is 4.79 Å². The first-order valence-electron chi connectivity index (χ1n) is 8.34. The summed E-state index contributed by atoms with van der Waals surface area (Å²) in [6.45, 7) is 0. The predicted molar refractivity (Wildman–Crippen MR) is 99.2 cm³/mol. The first kappa shape index (κ1) is 18.6. The molecule has 0 aromatic heterocycles. The zero-order valence-electron chi connectivity index (χ0n) is 14.7. The number of rotatable bonds is 9. The number of allylic oxidation sites excluding steroid dienone is 1. The molecule has 0 aliphatic rings. The third-order valence-corrected chi connectivity index (χ3v) is 4.06. The van der Waals surface area contributed by atoms with E-state index in [0.717, 1.165) is 30.4 Å². The van der Waals surface area contributed by atoms with Crippen molar-refractivity contribution in [2.24, 2.45) is 0 Å². The van der Waals surface area contributed by atoms with E-state index in [-0.39, 0.29) is 0 Å². The predicted octanol–water partition coefficient (Wildman–Crippen LogP) is 4.58. The standard InChI is InChI=1S/C21H24O4/c1-24-19-13-12-18(14-20(19)25-2)17(15-21(22)23)11-7-6-10-16-8-4-3-5-9-16/h3-5,8-9,12-15H,6-7,10-11H2,1-2H3,(H,22,23)/b17-15-. The molecule has 132 valence electrons. The molecule has 0 amide bonds. The van der Waals surface area contributed by atoms with E-state index >= 15 is 0 Å². The summed E-state index contributed by atoms with van der Waals surface area (Å²) in [4.78, 5) is 11.2. The highest BCUT2D eigenvalue weighted by atomic mass is 16.5. The Balaban J connectivity index is 2.05. The van der Waals surface area contributed by atoms with E-state index in [0.29, 0.717) is 17.9 Å². The number of aliphatic carboxylic acids is 1. The lowest BCUT2D eigenvalue weighted by atomic mass is 9.97. The van der Waals surface area contributed by atoms with Gasteiger partial charge >= 0.3 is 5.97 Å². The van der Waals surface area contributed by atoms with Crippen LogP contribution in [0.1, 0.15) is 30.4 Å². The molecule has 25 heavy (non-hydrogen) atoms.